The lowest BCUT2D eigenvalue weighted by molar-refractivity contribution is -0.118. The number of benzene rings is 1. The Morgan fingerprint density at radius 2 is 1.88 bits per heavy atom. The fourth-order valence-electron chi connectivity index (χ4n) is 2.44. The molecule has 4 nitrogen and oxygen atoms in total. The first kappa shape index (κ1) is 19.2. The Hall–Kier alpha value is -1.57. The highest BCUT2D eigenvalue weighted by Gasteiger charge is 2.13. The van der Waals surface area contributed by atoms with Crippen molar-refractivity contribution in [3.05, 3.63) is 46.6 Å². The molecule has 0 atom stereocenters. The number of nitrogens with one attached hydrogen (secondary N) is 1. The molecule has 2 aromatic heterocycles. The van der Waals surface area contributed by atoms with Gasteiger partial charge in [-0.25, -0.2) is 9.97 Å². The number of aromatic nitrogens is 2. The van der Waals surface area contributed by atoms with E-state index in [1.54, 1.807) is 29.4 Å². The minimum atomic E-state index is 0.0378. The molecule has 7 heteroatoms. The summed E-state index contributed by atoms with van der Waals surface area (Å²) in [5.41, 5.74) is 2.47. The van der Waals surface area contributed by atoms with Crippen LogP contribution in [0, 0.1) is 20.8 Å². The number of nitrogens with zero attached hydrogens (tertiary/aromatic N) is 2. The second kappa shape index (κ2) is 8.88. The molecule has 0 aliphatic heterocycles. The highest BCUT2D eigenvalue weighted by molar-refractivity contribution is 8.00. The first-order valence-corrected chi connectivity index (χ1v) is 11.1. The first-order valence-electron chi connectivity index (χ1n) is 8.34. The number of carbonyl (C=O) groups is 1. The minimum Gasteiger partial charge on any atom is -0.355 e. The molecule has 1 aromatic carbocycles. The van der Waals surface area contributed by atoms with Gasteiger partial charge in [-0.1, -0.05) is 29.5 Å². The van der Waals surface area contributed by atoms with Crippen LogP contribution in [-0.2, 0) is 4.79 Å². The molecule has 0 fully saturated rings. The van der Waals surface area contributed by atoms with Crippen LogP contribution in [-0.4, -0.2) is 33.9 Å². The largest absolute Gasteiger partial charge is 0.355 e. The Morgan fingerprint density at radius 3 is 2.65 bits per heavy atom. The van der Waals surface area contributed by atoms with Crippen molar-refractivity contribution in [2.45, 2.75) is 30.7 Å². The summed E-state index contributed by atoms with van der Waals surface area (Å²) in [5, 5.41) is 4.96. The summed E-state index contributed by atoms with van der Waals surface area (Å²) in [6.07, 6.45) is 1.58. The Kier molecular flexibility index (Phi) is 6.56. The predicted molar refractivity (Wildman–Crippen MR) is 113 cm³/mol. The molecule has 0 radical (unpaired) electrons. The van der Waals surface area contributed by atoms with Gasteiger partial charge in [0.05, 0.1) is 5.75 Å². The molecule has 136 valence electrons. The summed E-state index contributed by atoms with van der Waals surface area (Å²) in [6.45, 7) is 6.92. The van der Waals surface area contributed by atoms with E-state index >= 15 is 0 Å². The number of thiophene rings is 1. The molecule has 0 saturated heterocycles. The Bertz CT molecular complexity index is 906. The molecule has 0 saturated carbocycles. The summed E-state index contributed by atoms with van der Waals surface area (Å²) in [4.78, 5) is 24.3. The van der Waals surface area contributed by atoms with Crippen molar-refractivity contribution in [1.29, 1.82) is 0 Å². The number of carbonyl (C=O) groups excluding carboxylic acids is 1. The lowest BCUT2D eigenvalue weighted by atomic mass is 10.2. The van der Waals surface area contributed by atoms with Gasteiger partial charge in [-0.05, 0) is 38.5 Å². The number of amides is 1. The zero-order valence-electron chi connectivity index (χ0n) is 15.0. The molecule has 0 bridgehead atoms. The molecule has 0 aliphatic rings. The zero-order valence-corrected chi connectivity index (χ0v) is 17.5. The minimum absolute atomic E-state index is 0.0378. The van der Waals surface area contributed by atoms with Gasteiger partial charge < -0.3 is 5.32 Å². The third-order valence-electron chi connectivity index (χ3n) is 3.98. The standard InChI is InChI=1S/C19H21N3OS3/c1-12-4-6-15(7-5-12)24-9-8-20-16(23)10-25-18-17-13(2)14(3)26-19(17)22-11-21-18/h4-7,11H,8-10H2,1-3H3,(H,20,23). The number of thioether (sulfide) groups is 2. The van der Waals surface area contributed by atoms with Crippen molar-refractivity contribution in [2.75, 3.05) is 18.1 Å². The average molecular weight is 404 g/mol. The van der Waals surface area contributed by atoms with E-state index < -0.39 is 0 Å². The van der Waals surface area contributed by atoms with Crippen molar-refractivity contribution in [3.63, 3.8) is 0 Å². The predicted octanol–water partition coefficient (Wildman–Crippen LogP) is 4.62. The second-order valence-corrected chi connectivity index (χ2v) is 9.28. The number of fused-ring (bicyclic) bond motifs is 1. The van der Waals surface area contributed by atoms with Gasteiger partial charge in [-0.3, -0.25) is 4.79 Å². The van der Waals surface area contributed by atoms with Crippen molar-refractivity contribution in [1.82, 2.24) is 15.3 Å². The van der Waals surface area contributed by atoms with Gasteiger partial charge in [0.25, 0.3) is 0 Å². The maximum absolute atomic E-state index is 12.1. The van der Waals surface area contributed by atoms with Crippen LogP contribution in [0.4, 0.5) is 0 Å². The molecular weight excluding hydrogens is 382 g/mol. The topological polar surface area (TPSA) is 54.9 Å². The SMILES string of the molecule is Cc1ccc(SCCNC(=O)CSc2ncnc3sc(C)c(C)c23)cc1. The van der Waals surface area contributed by atoms with E-state index in [0.717, 1.165) is 21.0 Å². The van der Waals surface area contributed by atoms with Gasteiger partial charge in [-0.15, -0.1) is 23.1 Å². The van der Waals surface area contributed by atoms with E-state index in [1.807, 2.05) is 0 Å². The highest BCUT2D eigenvalue weighted by Crippen LogP contribution is 2.34. The van der Waals surface area contributed by atoms with E-state index in [1.165, 1.54) is 32.7 Å². The van der Waals surface area contributed by atoms with E-state index in [4.69, 9.17) is 0 Å². The first-order chi connectivity index (χ1) is 12.5. The maximum Gasteiger partial charge on any atom is 0.230 e. The summed E-state index contributed by atoms with van der Waals surface area (Å²) in [5.74, 6) is 1.27. The normalized spacial score (nSPS) is 11.0. The van der Waals surface area contributed by atoms with Crippen molar-refractivity contribution in [2.24, 2.45) is 0 Å². The molecule has 3 aromatic rings. The lowest BCUT2D eigenvalue weighted by Crippen LogP contribution is -2.27. The second-order valence-electron chi connectivity index (χ2n) is 5.94. The Labute approximate surface area is 166 Å². The van der Waals surface area contributed by atoms with Crippen LogP contribution < -0.4 is 5.32 Å². The third kappa shape index (κ3) is 4.78. The Morgan fingerprint density at radius 1 is 1.12 bits per heavy atom. The molecule has 1 N–H and O–H groups in total. The van der Waals surface area contributed by atoms with Crippen molar-refractivity contribution >= 4 is 51.0 Å². The van der Waals surface area contributed by atoms with Crippen LogP contribution in [0.3, 0.4) is 0 Å². The number of aryl methyl sites for hydroxylation is 3. The number of hydrogen-bond donors (Lipinski definition) is 1. The third-order valence-corrected chi connectivity index (χ3v) is 7.10. The maximum atomic E-state index is 12.1. The zero-order chi connectivity index (χ0) is 18.5. The van der Waals surface area contributed by atoms with E-state index in [-0.39, 0.29) is 5.91 Å². The fourth-order valence-corrected chi connectivity index (χ4v) is 5.15. The van der Waals surface area contributed by atoms with Crippen LogP contribution >= 0.6 is 34.9 Å². The summed E-state index contributed by atoms with van der Waals surface area (Å²) >= 11 is 4.90. The quantitative estimate of drug-likeness (QED) is 0.354. The van der Waals surface area contributed by atoms with Gasteiger partial charge >= 0.3 is 0 Å². The molecular formula is C19H21N3OS3. The van der Waals surface area contributed by atoms with Crippen LogP contribution in [0.1, 0.15) is 16.0 Å². The van der Waals surface area contributed by atoms with E-state index in [9.17, 15) is 4.79 Å². The number of hydrogen-bond acceptors (Lipinski definition) is 6. The van der Waals surface area contributed by atoms with Gasteiger partial charge in [0, 0.05) is 27.5 Å². The van der Waals surface area contributed by atoms with Crippen LogP contribution in [0.2, 0.25) is 0 Å². The van der Waals surface area contributed by atoms with Crippen LogP contribution in [0.5, 0.6) is 0 Å². The van der Waals surface area contributed by atoms with Crippen LogP contribution in [0.15, 0.2) is 40.5 Å². The summed E-state index contributed by atoms with van der Waals surface area (Å²) < 4.78 is 0. The van der Waals surface area contributed by atoms with E-state index in [0.29, 0.717) is 12.3 Å². The molecule has 1 amide bonds. The molecule has 0 aliphatic carbocycles. The van der Waals surface area contributed by atoms with Gasteiger partial charge in [-0.2, -0.15) is 0 Å². The summed E-state index contributed by atoms with van der Waals surface area (Å²) in [6, 6.07) is 8.44. The Balaban J connectivity index is 1.46. The molecule has 0 spiro atoms. The molecule has 26 heavy (non-hydrogen) atoms. The van der Waals surface area contributed by atoms with Crippen molar-refractivity contribution in [3.8, 4) is 0 Å². The molecule has 2 heterocycles. The lowest BCUT2D eigenvalue weighted by Gasteiger charge is -2.06. The van der Waals surface area contributed by atoms with Gasteiger partial charge in [0.15, 0.2) is 0 Å². The van der Waals surface area contributed by atoms with Gasteiger partial charge in [0.2, 0.25) is 5.91 Å². The fraction of sp³-hybridized carbons (Fsp3) is 0.316. The molecule has 0 unspecified atom stereocenters. The molecule has 3 rings (SSSR count). The van der Waals surface area contributed by atoms with E-state index in [2.05, 4.69) is 60.3 Å². The van der Waals surface area contributed by atoms with Crippen molar-refractivity contribution < 1.29 is 4.79 Å². The average Bonchev–Trinajstić information content (AvgIpc) is 2.93. The summed E-state index contributed by atoms with van der Waals surface area (Å²) in [7, 11) is 0. The van der Waals surface area contributed by atoms with Gasteiger partial charge in [0.1, 0.15) is 16.2 Å². The van der Waals surface area contributed by atoms with Crippen LogP contribution in [0.25, 0.3) is 10.2 Å². The highest BCUT2D eigenvalue weighted by atomic mass is 32.2. The monoisotopic (exact) mass is 403 g/mol. The number of rotatable bonds is 7. The smallest absolute Gasteiger partial charge is 0.230 e.